The smallest absolute Gasteiger partial charge is 0.159 e. The van der Waals surface area contributed by atoms with Crippen LogP contribution in [0.3, 0.4) is 0 Å². The van der Waals surface area contributed by atoms with E-state index in [0.29, 0.717) is 33.4 Å². The summed E-state index contributed by atoms with van der Waals surface area (Å²) in [5.41, 5.74) is 3.57. The fourth-order valence-corrected chi connectivity index (χ4v) is 2.61. The lowest BCUT2D eigenvalue weighted by Gasteiger charge is -2.07. The van der Waals surface area contributed by atoms with Crippen LogP contribution in [0.15, 0.2) is 36.7 Å². The molecular formula is C16H12FN5O. The van der Waals surface area contributed by atoms with Gasteiger partial charge in [0.15, 0.2) is 5.65 Å². The zero-order valence-corrected chi connectivity index (χ0v) is 12.2. The first-order valence-corrected chi connectivity index (χ1v) is 7.04. The molecule has 3 heterocycles. The number of aryl methyl sites for hydroxylation is 1. The third-order valence-electron chi connectivity index (χ3n) is 3.67. The quantitative estimate of drug-likeness (QED) is 0.615. The maximum absolute atomic E-state index is 14.3. The van der Waals surface area contributed by atoms with E-state index in [1.54, 1.807) is 28.9 Å². The van der Waals surface area contributed by atoms with Crippen LogP contribution in [0.1, 0.15) is 11.3 Å². The summed E-state index contributed by atoms with van der Waals surface area (Å²) in [4.78, 5) is 4.33. The number of halogens is 1. The Hall–Kier alpha value is -2.93. The van der Waals surface area contributed by atoms with Crippen LogP contribution in [0.4, 0.5) is 4.39 Å². The van der Waals surface area contributed by atoms with Gasteiger partial charge in [-0.25, -0.2) is 13.9 Å². The molecule has 1 aromatic carbocycles. The van der Waals surface area contributed by atoms with Gasteiger partial charge in [0.05, 0.1) is 35.9 Å². The second kappa shape index (κ2) is 5.06. The lowest BCUT2D eigenvalue weighted by molar-refractivity contribution is 0.282. The molecule has 3 aromatic heterocycles. The van der Waals surface area contributed by atoms with Gasteiger partial charge in [-0.3, -0.25) is 0 Å². The molecular weight excluding hydrogens is 297 g/mol. The zero-order chi connectivity index (χ0) is 16.0. The highest BCUT2D eigenvalue weighted by Crippen LogP contribution is 2.26. The Morgan fingerprint density at radius 1 is 1.26 bits per heavy atom. The van der Waals surface area contributed by atoms with Crippen molar-refractivity contribution in [3.05, 3.63) is 53.7 Å². The molecule has 6 nitrogen and oxygen atoms in total. The van der Waals surface area contributed by atoms with Crippen LogP contribution in [-0.2, 0) is 6.61 Å². The largest absolute Gasteiger partial charge is 0.392 e. The van der Waals surface area contributed by atoms with E-state index in [1.807, 2.05) is 6.92 Å². The van der Waals surface area contributed by atoms with Crippen molar-refractivity contribution >= 4 is 16.6 Å². The van der Waals surface area contributed by atoms with Gasteiger partial charge in [0.2, 0.25) is 0 Å². The summed E-state index contributed by atoms with van der Waals surface area (Å²) in [6.07, 6.45) is 3.21. The third kappa shape index (κ3) is 2.22. The molecule has 0 saturated carbocycles. The van der Waals surface area contributed by atoms with Crippen LogP contribution in [0.5, 0.6) is 0 Å². The van der Waals surface area contributed by atoms with Crippen molar-refractivity contribution in [3.63, 3.8) is 0 Å². The predicted molar refractivity (Wildman–Crippen MR) is 82.1 cm³/mol. The van der Waals surface area contributed by atoms with E-state index in [0.717, 1.165) is 5.69 Å². The normalized spacial score (nSPS) is 11.4. The van der Waals surface area contributed by atoms with Crippen LogP contribution in [0.2, 0.25) is 0 Å². The number of nitrogens with zero attached hydrogens (tertiary/aromatic N) is 5. The number of fused-ring (bicyclic) bond motifs is 2. The standard InChI is InChI=1S/C16H12FN5O/c1-9-7-22-16(19-9)11(8-23)6-14(21-22)10-4-13(17)12-2-3-18-20-15(12)5-10/h2-7,23H,8H2,1H3. The van der Waals surface area contributed by atoms with Gasteiger partial charge in [-0.05, 0) is 31.2 Å². The molecule has 7 heteroatoms. The van der Waals surface area contributed by atoms with E-state index in [-0.39, 0.29) is 12.4 Å². The van der Waals surface area contributed by atoms with E-state index in [1.165, 1.54) is 12.3 Å². The first-order chi connectivity index (χ1) is 11.2. The van der Waals surface area contributed by atoms with Crippen molar-refractivity contribution in [2.45, 2.75) is 13.5 Å². The highest BCUT2D eigenvalue weighted by Gasteiger charge is 2.12. The number of aliphatic hydroxyl groups excluding tert-OH is 1. The molecule has 1 N–H and O–H groups in total. The first kappa shape index (κ1) is 13.7. The average Bonchev–Trinajstić information content (AvgIpc) is 2.94. The molecule has 0 fully saturated rings. The Labute approximate surface area is 130 Å². The van der Waals surface area contributed by atoms with Gasteiger partial charge in [-0.1, -0.05) is 0 Å². The number of aliphatic hydroxyl groups is 1. The average molecular weight is 309 g/mol. The van der Waals surface area contributed by atoms with Crippen molar-refractivity contribution in [2.24, 2.45) is 0 Å². The zero-order valence-electron chi connectivity index (χ0n) is 12.2. The Morgan fingerprint density at radius 3 is 2.96 bits per heavy atom. The van der Waals surface area contributed by atoms with Crippen molar-refractivity contribution in [1.29, 1.82) is 0 Å². The van der Waals surface area contributed by atoms with Gasteiger partial charge in [0.1, 0.15) is 5.82 Å². The molecule has 0 atom stereocenters. The molecule has 0 saturated heterocycles. The van der Waals surface area contributed by atoms with E-state index < -0.39 is 0 Å². The Morgan fingerprint density at radius 2 is 2.13 bits per heavy atom. The Balaban J connectivity index is 1.98. The van der Waals surface area contributed by atoms with Gasteiger partial charge in [0.25, 0.3) is 0 Å². The minimum Gasteiger partial charge on any atom is -0.392 e. The van der Waals surface area contributed by atoms with Crippen molar-refractivity contribution in [1.82, 2.24) is 24.8 Å². The summed E-state index contributed by atoms with van der Waals surface area (Å²) >= 11 is 0. The number of aromatic nitrogens is 5. The maximum atomic E-state index is 14.3. The highest BCUT2D eigenvalue weighted by atomic mass is 19.1. The van der Waals surface area contributed by atoms with E-state index >= 15 is 0 Å². The summed E-state index contributed by atoms with van der Waals surface area (Å²) < 4.78 is 15.9. The molecule has 0 aliphatic carbocycles. The number of benzene rings is 1. The molecule has 0 aliphatic rings. The molecule has 0 radical (unpaired) electrons. The van der Waals surface area contributed by atoms with Crippen LogP contribution in [0, 0.1) is 12.7 Å². The molecule has 114 valence electrons. The van der Waals surface area contributed by atoms with Crippen LogP contribution < -0.4 is 0 Å². The van der Waals surface area contributed by atoms with E-state index in [4.69, 9.17) is 0 Å². The molecule has 0 unspecified atom stereocenters. The molecule has 0 aliphatic heterocycles. The molecule has 0 amide bonds. The van der Waals surface area contributed by atoms with Crippen molar-refractivity contribution < 1.29 is 9.50 Å². The Bertz CT molecular complexity index is 1040. The third-order valence-corrected chi connectivity index (χ3v) is 3.67. The molecule has 23 heavy (non-hydrogen) atoms. The van der Waals surface area contributed by atoms with Gasteiger partial charge >= 0.3 is 0 Å². The second-order valence-electron chi connectivity index (χ2n) is 5.29. The fraction of sp³-hybridized carbons (Fsp3) is 0.125. The van der Waals surface area contributed by atoms with Crippen LogP contribution >= 0.6 is 0 Å². The van der Waals surface area contributed by atoms with Gasteiger partial charge in [-0.15, -0.1) is 0 Å². The lowest BCUT2D eigenvalue weighted by atomic mass is 10.1. The number of hydrogen-bond donors (Lipinski definition) is 1. The number of rotatable bonds is 2. The fourth-order valence-electron chi connectivity index (χ4n) is 2.61. The van der Waals surface area contributed by atoms with Gasteiger partial charge < -0.3 is 5.11 Å². The predicted octanol–water partition coefficient (Wildman–Crippen LogP) is 2.28. The maximum Gasteiger partial charge on any atom is 0.159 e. The minimum atomic E-state index is -0.387. The van der Waals surface area contributed by atoms with Gasteiger partial charge in [0, 0.05) is 16.5 Å². The minimum absolute atomic E-state index is 0.175. The SMILES string of the molecule is Cc1cn2nc(-c3cc(F)c4ccnnc4c3)cc(CO)c2n1. The van der Waals surface area contributed by atoms with Gasteiger partial charge in [-0.2, -0.15) is 15.3 Å². The number of imidazole rings is 1. The van der Waals surface area contributed by atoms with E-state index in [9.17, 15) is 9.50 Å². The summed E-state index contributed by atoms with van der Waals surface area (Å²) in [7, 11) is 0. The summed E-state index contributed by atoms with van der Waals surface area (Å²) in [6, 6.07) is 6.42. The molecule has 4 rings (SSSR count). The van der Waals surface area contributed by atoms with Crippen LogP contribution in [0.25, 0.3) is 27.8 Å². The molecule has 0 spiro atoms. The highest BCUT2D eigenvalue weighted by molar-refractivity contribution is 5.83. The van der Waals surface area contributed by atoms with Crippen molar-refractivity contribution in [2.75, 3.05) is 0 Å². The summed E-state index contributed by atoms with van der Waals surface area (Å²) in [5, 5.41) is 22.2. The Kier molecular flexibility index (Phi) is 3.02. The van der Waals surface area contributed by atoms with Crippen molar-refractivity contribution in [3.8, 4) is 11.3 Å². The summed E-state index contributed by atoms with van der Waals surface area (Å²) in [5.74, 6) is -0.387. The first-order valence-electron chi connectivity index (χ1n) is 7.04. The number of hydrogen-bond acceptors (Lipinski definition) is 5. The lowest BCUT2D eigenvalue weighted by Crippen LogP contribution is -2.00. The van der Waals surface area contributed by atoms with E-state index in [2.05, 4.69) is 20.3 Å². The topological polar surface area (TPSA) is 76.2 Å². The second-order valence-corrected chi connectivity index (χ2v) is 5.29. The molecule has 4 aromatic rings. The molecule has 0 bridgehead atoms. The van der Waals surface area contributed by atoms with Crippen LogP contribution in [-0.4, -0.2) is 29.9 Å². The summed E-state index contributed by atoms with van der Waals surface area (Å²) in [6.45, 7) is 1.67. The monoisotopic (exact) mass is 309 g/mol.